The lowest BCUT2D eigenvalue weighted by Crippen LogP contribution is -2.28. The number of aryl methyl sites for hydroxylation is 2. The number of tetrazole rings is 1. The van der Waals surface area contributed by atoms with Gasteiger partial charge in [-0.3, -0.25) is 9.69 Å². The molecule has 6 rings (SSSR count). The molecule has 10 heteroatoms. The van der Waals surface area contributed by atoms with Crippen molar-refractivity contribution in [1.82, 2.24) is 30.1 Å². The van der Waals surface area contributed by atoms with Crippen LogP contribution in [0, 0.1) is 19.7 Å². The molecule has 3 aromatic carbocycles. The second-order valence-electron chi connectivity index (χ2n) is 9.81. The van der Waals surface area contributed by atoms with E-state index in [-0.39, 0.29) is 18.2 Å². The Morgan fingerprint density at radius 3 is 2.59 bits per heavy atom. The molecule has 0 unspecified atom stereocenters. The number of nitrogens with zero attached hydrogens (tertiary/aromatic N) is 5. The molecule has 39 heavy (non-hydrogen) atoms. The van der Waals surface area contributed by atoms with E-state index in [2.05, 4.69) is 31.5 Å². The van der Waals surface area contributed by atoms with Gasteiger partial charge in [-0.1, -0.05) is 30.3 Å². The zero-order valence-corrected chi connectivity index (χ0v) is 21.6. The number of nitrogens with one attached hydrogen (secondary N) is 1. The Bertz CT molecular complexity index is 1710. The first-order valence-corrected chi connectivity index (χ1v) is 12.7. The van der Waals surface area contributed by atoms with Gasteiger partial charge in [-0.2, -0.15) is 0 Å². The standard InChI is InChI=1S/C29H27FN6O3/c1-18-3-7-22-12-23(29(37)31-28(22)19(18)2)15-35(13-21-6-10-25-26(11-21)39-17-38-25)16-27-32-33-34-36(27)14-20-4-8-24(30)9-5-20/h3-12H,13-17H2,1-2H3,(H,31,37). The van der Waals surface area contributed by atoms with Crippen LogP contribution in [0.3, 0.4) is 0 Å². The Kier molecular flexibility index (Phi) is 6.54. The summed E-state index contributed by atoms with van der Waals surface area (Å²) in [5.41, 5.74) is 5.44. The Balaban J connectivity index is 1.31. The number of aromatic amines is 1. The monoisotopic (exact) mass is 526 g/mol. The minimum atomic E-state index is -0.295. The van der Waals surface area contributed by atoms with E-state index in [0.29, 0.717) is 49.1 Å². The molecule has 2 aromatic heterocycles. The van der Waals surface area contributed by atoms with Gasteiger partial charge in [-0.15, -0.1) is 5.10 Å². The minimum absolute atomic E-state index is 0.127. The van der Waals surface area contributed by atoms with Crippen LogP contribution in [0.15, 0.2) is 65.5 Å². The topological polar surface area (TPSA) is 98.2 Å². The van der Waals surface area contributed by atoms with Crippen LogP contribution in [0.25, 0.3) is 10.9 Å². The lowest BCUT2D eigenvalue weighted by atomic mass is 10.0. The summed E-state index contributed by atoms with van der Waals surface area (Å²) in [6.07, 6.45) is 0. The molecule has 198 valence electrons. The number of aromatic nitrogens is 5. The summed E-state index contributed by atoms with van der Waals surface area (Å²) in [6.45, 7) is 5.92. The van der Waals surface area contributed by atoms with Crippen molar-refractivity contribution in [2.75, 3.05) is 6.79 Å². The SMILES string of the molecule is Cc1ccc2cc(CN(Cc3ccc4c(c3)OCO4)Cc3nnnn3Cc3ccc(F)cc3)c(=O)[nH]c2c1C. The van der Waals surface area contributed by atoms with E-state index < -0.39 is 0 Å². The third kappa shape index (κ3) is 5.23. The van der Waals surface area contributed by atoms with Crippen molar-refractivity contribution >= 4 is 10.9 Å². The summed E-state index contributed by atoms with van der Waals surface area (Å²) in [7, 11) is 0. The average Bonchev–Trinajstić information content (AvgIpc) is 3.57. The lowest BCUT2D eigenvalue weighted by Gasteiger charge is -2.22. The molecule has 1 aliphatic heterocycles. The highest BCUT2D eigenvalue weighted by Crippen LogP contribution is 2.33. The second-order valence-corrected chi connectivity index (χ2v) is 9.81. The fraction of sp³-hybridized carbons (Fsp3) is 0.241. The largest absolute Gasteiger partial charge is 0.454 e. The van der Waals surface area contributed by atoms with E-state index in [1.165, 1.54) is 12.1 Å². The van der Waals surface area contributed by atoms with Crippen LogP contribution in [-0.4, -0.2) is 36.9 Å². The van der Waals surface area contributed by atoms with Gasteiger partial charge in [0, 0.05) is 18.7 Å². The zero-order chi connectivity index (χ0) is 26.9. The average molecular weight is 527 g/mol. The van der Waals surface area contributed by atoms with Crippen molar-refractivity contribution in [3.8, 4) is 11.5 Å². The molecule has 0 atom stereocenters. The smallest absolute Gasteiger partial charge is 0.252 e. The van der Waals surface area contributed by atoms with E-state index in [1.807, 2.05) is 44.2 Å². The van der Waals surface area contributed by atoms with Gasteiger partial charge in [0.15, 0.2) is 17.3 Å². The molecular weight excluding hydrogens is 499 g/mol. The molecule has 0 saturated heterocycles. The molecular formula is C29H27FN6O3. The second kappa shape index (κ2) is 10.3. The summed E-state index contributed by atoms with van der Waals surface area (Å²) >= 11 is 0. The summed E-state index contributed by atoms with van der Waals surface area (Å²) in [5, 5.41) is 13.3. The first-order chi connectivity index (χ1) is 18.9. The van der Waals surface area contributed by atoms with Crippen molar-refractivity contribution < 1.29 is 13.9 Å². The molecule has 1 aliphatic rings. The van der Waals surface area contributed by atoms with E-state index in [0.717, 1.165) is 33.2 Å². The van der Waals surface area contributed by atoms with Crippen LogP contribution in [0.1, 0.15) is 33.6 Å². The van der Waals surface area contributed by atoms with Crippen LogP contribution in [-0.2, 0) is 26.2 Å². The van der Waals surface area contributed by atoms with Gasteiger partial charge in [0.25, 0.3) is 5.56 Å². The number of benzene rings is 3. The third-order valence-corrected chi connectivity index (χ3v) is 7.08. The minimum Gasteiger partial charge on any atom is -0.454 e. The highest BCUT2D eigenvalue weighted by molar-refractivity contribution is 5.83. The van der Waals surface area contributed by atoms with Crippen LogP contribution in [0.5, 0.6) is 11.5 Å². The summed E-state index contributed by atoms with van der Waals surface area (Å²) in [6, 6.07) is 18.1. The summed E-state index contributed by atoms with van der Waals surface area (Å²) < 4.78 is 26.1. The lowest BCUT2D eigenvalue weighted by molar-refractivity contribution is 0.174. The highest BCUT2D eigenvalue weighted by atomic mass is 19.1. The van der Waals surface area contributed by atoms with E-state index >= 15 is 0 Å². The molecule has 3 heterocycles. The maximum absolute atomic E-state index is 13.4. The number of halogens is 1. The first kappa shape index (κ1) is 24.7. The number of pyridine rings is 1. The van der Waals surface area contributed by atoms with Gasteiger partial charge in [-0.25, -0.2) is 9.07 Å². The van der Waals surface area contributed by atoms with Crippen molar-refractivity contribution in [3.05, 3.63) is 110 Å². The van der Waals surface area contributed by atoms with E-state index in [1.54, 1.807) is 16.8 Å². The van der Waals surface area contributed by atoms with Gasteiger partial charge >= 0.3 is 0 Å². The van der Waals surface area contributed by atoms with Crippen LogP contribution < -0.4 is 15.0 Å². The molecule has 0 aliphatic carbocycles. The third-order valence-electron chi connectivity index (χ3n) is 7.08. The molecule has 9 nitrogen and oxygen atoms in total. The first-order valence-electron chi connectivity index (χ1n) is 12.7. The van der Waals surface area contributed by atoms with Crippen molar-refractivity contribution in [2.45, 2.75) is 40.0 Å². The van der Waals surface area contributed by atoms with Crippen LogP contribution >= 0.6 is 0 Å². The number of H-pyrrole nitrogens is 1. The number of hydrogen-bond acceptors (Lipinski definition) is 7. The Morgan fingerprint density at radius 1 is 0.949 bits per heavy atom. The fourth-order valence-corrected chi connectivity index (χ4v) is 4.82. The van der Waals surface area contributed by atoms with Crippen LogP contribution in [0.4, 0.5) is 4.39 Å². The Hall–Kier alpha value is -4.57. The van der Waals surface area contributed by atoms with E-state index in [4.69, 9.17) is 9.47 Å². The number of ether oxygens (including phenoxy) is 2. The quantitative estimate of drug-likeness (QED) is 0.323. The zero-order valence-electron chi connectivity index (χ0n) is 21.6. The molecule has 5 aromatic rings. The molecule has 0 radical (unpaired) electrons. The molecule has 0 fully saturated rings. The molecule has 0 spiro atoms. The van der Waals surface area contributed by atoms with Crippen molar-refractivity contribution in [1.29, 1.82) is 0 Å². The number of hydrogen-bond donors (Lipinski definition) is 1. The molecule has 0 bridgehead atoms. The van der Waals surface area contributed by atoms with Gasteiger partial charge in [0.2, 0.25) is 6.79 Å². The summed E-state index contributed by atoms with van der Waals surface area (Å²) in [5.74, 6) is 1.74. The normalized spacial score (nSPS) is 12.5. The maximum atomic E-state index is 13.4. The van der Waals surface area contributed by atoms with Gasteiger partial charge in [-0.05, 0) is 82.2 Å². The van der Waals surface area contributed by atoms with Crippen molar-refractivity contribution in [3.63, 3.8) is 0 Å². The van der Waals surface area contributed by atoms with Crippen LogP contribution in [0.2, 0.25) is 0 Å². The summed E-state index contributed by atoms with van der Waals surface area (Å²) in [4.78, 5) is 18.4. The Morgan fingerprint density at radius 2 is 1.74 bits per heavy atom. The predicted octanol–water partition coefficient (Wildman–Crippen LogP) is 4.25. The van der Waals surface area contributed by atoms with Gasteiger partial charge < -0.3 is 14.5 Å². The van der Waals surface area contributed by atoms with E-state index in [9.17, 15) is 9.18 Å². The predicted molar refractivity (Wildman–Crippen MR) is 143 cm³/mol. The van der Waals surface area contributed by atoms with Crippen molar-refractivity contribution in [2.24, 2.45) is 0 Å². The molecule has 0 saturated carbocycles. The maximum Gasteiger partial charge on any atom is 0.252 e. The Labute approximate surface area is 223 Å². The molecule has 0 amide bonds. The fourth-order valence-electron chi connectivity index (χ4n) is 4.82. The van der Waals surface area contributed by atoms with Gasteiger partial charge in [0.1, 0.15) is 5.82 Å². The van der Waals surface area contributed by atoms with Gasteiger partial charge in [0.05, 0.1) is 18.6 Å². The molecule has 1 N–H and O–H groups in total. The highest BCUT2D eigenvalue weighted by Gasteiger charge is 2.19. The number of fused-ring (bicyclic) bond motifs is 2. The number of rotatable bonds is 8.